The number of amides is 1. The maximum atomic E-state index is 13.8. The van der Waals surface area contributed by atoms with E-state index in [1.165, 1.54) is 0 Å². The Bertz CT molecular complexity index is 512. The monoisotopic (exact) mass is 355 g/mol. The first-order valence-corrected chi connectivity index (χ1v) is 6.70. The molecule has 1 aromatic carbocycles. The molecule has 0 aliphatic carbocycles. The van der Waals surface area contributed by atoms with Crippen molar-refractivity contribution >= 4 is 21.8 Å². The van der Waals surface area contributed by atoms with Crippen LogP contribution in [-0.2, 0) is 6.18 Å². The predicted octanol–water partition coefficient (Wildman–Crippen LogP) is 4.14. The number of hydrogen-bond acceptors (Lipinski definition) is 1. The largest absolute Gasteiger partial charge is 0.419 e. The van der Waals surface area contributed by atoms with E-state index in [0.29, 0.717) is 6.07 Å². The number of nitrogens with one attached hydrogen (secondary N) is 1. The lowest BCUT2D eigenvalue weighted by molar-refractivity contribution is -0.140. The van der Waals surface area contributed by atoms with Crippen molar-refractivity contribution in [1.82, 2.24) is 5.32 Å². The van der Waals surface area contributed by atoms with E-state index >= 15 is 0 Å². The SMILES string of the molecule is CC(Br)C(C)(C)NC(=O)c1cccc(C(F)(F)F)c1F. The molecule has 0 aromatic heterocycles. The topological polar surface area (TPSA) is 29.1 Å². The summed E-state index contributed by atoms with van der Waals surface area (Å²) in [6.07, 6.45) is -4.83. The Morgan fingerprint density at radius 2 is 1.85 bits per heavy atom. The molecule has 1 rings (SSSR count). The molecule has 0 radical (unpaired) electrons. The van der Waals surface area contributed by atoms with Crippen molar-refractivity contribution in [3.8, 4) is 0 Å². The molecule has 0 heterocycles. The first-order chi connectivity index (χ1) is 8.97. The fourth-order valence-electron chi connectivity index (χ4n) is 1.39. The van der Waals surface area contributed by atoms with Crippen molar-refractivity contribution in [2.24, 2.45) is 0 Å². The third-order valence-corrected chi connectivity index (χ3v) is 4.12. The maximum Gasteiger partial charge on any atom is 0.419 e. The third-order valence-electron chi connectivity index (χ3n) is 2.98. The highest BCUT2D eigenvalue weighted by atomic mass is 79.9. The molecule has 0 fully saturated rings. The van der Waals surface area contributed by atoms with Gasteiger partial charge in [0.2, 0.25) is 0 Å². The van der Waals surface area contributed by atoms with Gasteiger partial charge in [0.1, 0.15) is 5.82 Å². The summed E-state index contributed by atoms with van der Waals surface area (Å²) in [5.41, 5.74) is -2.81. The van der Waals surface area contributed by atoms with E-state index in [4.69, 9.17) is 0 Å². The van der Waals surface area contributed by atoms with E-state index < -0.39 is 34.6 Å². The molecule has 1 unspecified atom stereocenters. The van der Waals surface area contributed by atoms with E-state index in [1.807, 2.05) is 0 Å². The molecule has 0 aliphatic rings. The molecule has 7 heteroatoms. The Balaban J connectivity index is 3.13. The lowest BCUT2D eigenvalue weighted by atomic mass is 10.0. The zero-order valence-electron chi connectivity index (χ0n) is 11.1. The van der Waals surface area contributed by atoms with Crippen LogP contribution in [0.4, 0.5) is 17.6 Å². The summed E-state index contributed by atoms with van der Waals surface area (Å²) in [5, 5.41) is 2.50. The molecule has 1 N–H and O–H groups in total. The summed E-state index contributed by atoms with van der Waals surface area (Å²) in [5.74, 6) is -2.44. The minimum Gasteiger partial charge on any atom is -0.346 e. The molecule has 1 atom stereocenters. The number of alkyl halides is 4. The first kappa shape index (κ1) is 16.9. The number of hydrogen-bond donors (Lipinski definition) is 1. The average molecular weight is 356 g/mol. The Hall–Kier alpha value is -1.11. The van der Waals surface area contributed by atoms with E-state index in [-0.39, 0.29) is 4.83 Å². The Morgan fingerprint density at radius 3 is 2.30 bits per heavy atom. The Kier molecular flexibility index (Phi) is 4.84. The number of halogens is 5. The minimum atomic E-state index is -4.83. The van der Waals surface area contributed by atoms with Crippen molar-refractivity contribution in [2.45, 2.75) is 37.3 Å². The molecule has 1 amide bonds. The van der Waals surface area contributed by atoms with E-state index in [9.17, 15) is 22.4 Å². The second kappa shape index (κ2) is 5.71. The van der Waals surface area contributed by atoms with E-state index in [2.05, 4.69) is 21.2 Å². The van der Waals surface area contributed by atoms with Crippen molar-refractivity contribution in [1.29, 1.82) is 0 Å². The van der Waals surface area contributed by atoms with Gasteiger partial charge in [0, 0.05) is 10.4 Å². The van der Waals surface area contributed by atoms with Gasteiger partial charge in [0.25, 0.3) is 5.91 Å². The van der Waals surface area contributed by atoms with Crippen molar-refractivity contribution < 1.29 is 22.4 Å². The Morgan fingerprint density at radius 1 is 1.30 bits per heavy atom. The van der Waals surface area contributed by atoms with Crippen molar-refractivity contribution in [3.63, 3.8) is 0 Å². The summed E-state index contributed by atoms with van der Waals surface area (Å²) in [6.45, 7) is 5.12. The van der Waals surface area contributed by atoms with Gasteiger partial charge in [0.15, 0.2) is 0 Å². The van der Waals surface area contributed by atoms with Crippen LogP contribution in [0.25, 0.3) is 0 Å². The maximum absolute atomic E-state index is 13.8. The fourth-order valence-corrected chi connectivity index (χ4v) is 1.50. The molecular weight excluding hydrogens is 342 g/mol. The lowest BCUT2D eigenvalue weighted by Crippen LogP contribution is -2.49. The minimum absolute atomic E-state index is 0.146. The van der Waals surface area contributed by atoms with Crippen LogP contribution in [0.15, 0.2) is 18.2 Å². The number of rotatable bonds is 3. The lowest BCUT2D eigenvalue weighted by Gasteiger charge is -2.29. The van der Waals surface area contributed by atoms with Gasteiger partial charge in [-0.25, -0.2) is 4.39 Å². The van der Waals surface area contributed by atoms with Crippen molar-refractivity contribution in [2.75, 3.05) is 0 Å². The van der Waals surface area contributed by atoms with Gasteiger partial charge in [-0.2, -0.15) is 13.2 Å². The first-order valence-electron chi connectivity index (χ1n) is 5.79. The van der Waals surface area contributed by atoms with Gasteiger partial charge in [0.05, 0.1) is 11.1 Å². The molecule has 2 nitrogen and oxygen atoms in total. The summed E-state index contributed by atoms with van der Waals surface area (Å²) in [4.78, 5) is 11.8. The average Bonchev–Trinajstić information content (AvgIpc) is 2.26. The predicted molar refractivity (Wildman–Crippen MR) is 71.3 cm³/mol. The molecule has 112 valence electrons. The zero-order valence-corrected chi connectivity index (χ0v) is 12.7. The van der Waals surface area contributed by atoms with Crippen LogP contribution in [0.1, 0.15) is 36.7 Å². The highest BCUT2D eigenvalue weighted by Gasteiger charge is 2.36. The third kappa shape index (κ3) is 3.71. The summed E-state index contributed by atoms with van der Waals surface area (Å²) in [6, 6.07) is 2.63. The molecule has 0 saturated carbocycles. The second-order valence-electron chi connectivity index (χ2n) is 4.96. The standard InChI is InChI=1S/C13H14BrF4NO/c1-7(14)12(2,3)19-11(20)8-5-4-6-9(10(8)15)13(16,17)18/h4-7H,1-3H3,(H,19,20). The molecule has 0 saturated heterocycles. The van der Waals surface area contributed by atoms with Gasteiger partial charge in [-0.1, -0.05) is 28.9 Å². The van der Waals surface area contributed by atoms with E-state index in [0.717, 1.165) is 12.1 Å². The van der Waals surface area contributed by atoms with Gasteiger partial charge in [-0.15, -0.1) is 0 Å². The van der Waals surface area contributed by atoms with Gasteiger partial charge >= 0.3 is 6.18 Å². The molecule has 0 spiro atoms. The van der Waals surface area contributed by atoms with Crippen LogP contribution in [0.3, 0.4) is 0 Å². The van der Waals surface area contributed by atoms with Gasteiger partial charge < -0.3 is 5.32 Å². The molecule has 20 heavy (non-hydrogen) atoms. The summed E-state index contributed by atoms with van der Waals surface area (Å²) >= 11 is 3.27. The van der Waals surface area contributed by atoms with Crippen LogP contribution in [0, 0.1) is 5.82 Å². The van der Waals surface area contributed by atoms with Crippen LogP contribution < -0.4 is 5.32 Å². The summed E-state index contributed by atoms with van der Waals surface area (Å²) < 4.78 is 51.5. The molecule has 0 aliphatic heterocycles. The highest BCUT2D eigenvalue weighted by molar-refractivity contribution is 9.09. The quantitative estimate of drug-likeness (QED) is 0.640. The smallest absolute Gasteiger partial charge is 0.346 e. The molecule has 0 bridgehead atoms. The van der Waals surface area contributed by atoms with Crippen LogP contribution in [0.2, 0.25) is 0 Å². The van der Waals surface area contributed by atoms with Gasteiger partial charge in [-0.3, -0.25) is 4.79 Å². The highest BCUT2D eigenvalue weighted by Crippen LogP contribution is 2.32. The van der Waals surface area contributed by atoms with Crippen LogP contribution >= 0.6 is 15.9 Å². The number of benzene rings is 1. The normalized spacial score (nSPS) is 14.0. The second-order valence-corrected chi connectivity index (χ2v) is 6.33. The fraction of sp³-hybridized carbons (Fsp3) is 0.462. The molecular formula is C13H14BrF4NO. The van der Waals surface area contributed by atoms with Gasteiger partial charge in [-0.05, 0) is 26.0 Å². The van der Waals surface area contributed by atoms with Crippen LogP contribution in [0.5, 0.6) is 0 Å². The Labute approximate surface area is 122 Å². The summed E-state index contributed by atoms with van der Waals surface area (Å²) in [7, 11) is 0. The molecule has 1 aromatic rings. The zero-order chi connectivity index (χ0) is 15.7. The van der Waals surface area contributed by atoms with Crippen LogP contribution in [-0.4, -0.2) is 16.3 Å². The number of carbonyl (C=O) groups is 1. The van der Waals surface area contributed by atoms with Crippen molar-refractivity contribution in [3.05, 3.63) is 35.1 Å². The van der Waals surface area contributed by atoms with E-state index in [1.54, 1.807) is 20.8 Å². The number of carbonyl (C=O) groups excluding carboxylic acids is 1.